The Morgan fingerprint density at radius 2 is 2.07 bits per heavy atom. The van der Waals surface area contributed by atoms with Crippen LogP contribution >= 0.6 is 0 Å². The Hall–Kier alpha value is -2.97. The third kappa shape index (κ3) is 2.87. The van der Waals surface area contributed by atoms with Crippen LogP contribution in [-0.4, -0.2) is 58.0 Å². The molecule has 0 aliphatic carbocycles. The number of pyridine rings is 1. The van der Waals surface area contributed by atoms with Crippen LogP contribution in [0.4, 0.5) is 5.95 Å². The van der Waals surface area contributed by atoms with Gasteiger partial charge in [0, 0.05) is 19.3 Å². The average Bonchev–Trinajstić information content (AvgIpc) is 3.42. The normalized spacial score (nSPS) is 24.1. The van der Waals surface area contributed by atoms with E-state index in [0.29, 0.717) is 12.8 Å². The summed E-state index contributed by atoms with van der Waals surface area (Å²) in [4.78, 5) is 18.9. The number of nitrogens with zero attached hydrogens (tertiary/aromatic N) is 6. The van der Waals surface area contributed by atoms with E-state index in [9.17, 15) is 0 Å². The van der Waals surface area contributed by atoms with Crippen molar-refractivity contribution in [2.75, 3.05) is 31.4 Å². The first kappa shape index (κ1) is 16.9. The van der Waals surface area contributed by atoms with Crippen LogP contribution in [-0.2, 0) is 4.74 Å². The fourth-order valence-corrected chi connectivity index (χ4v) is 4.44. The summed E-state index contributed by atoms with van der Waals surface area (Å²) in [5, 5.41) is 3.60. The lowest BCUT2D eigenvalue weighted by Gasteiger charge is -2.41. The lowest BCUT2D eigenvalue weighted by molar-refractivity contribution is 0.0732. The van der Waals surface area contributed by atoms with Gasteiger partial charge < -0.3 is 10.1 Å². The molecule has 0 spiro atoms. The van der Waals surface area contributed by atoms with Crippen LogP contribution in [0, 0.1) is 0 Å². The highest BCUT2D eigenvalue weighted by Crippen LogP contribution is 2.33. The maximum absolute atomic E-state index is 5.83. The molecule has 3 aromatic rings. The van der Waals surface area contributed by atoms with E-state index in [1.54, 1.807) is 0 Å². The van der Waals surface area contributed by atoms with E-state index in [4.69, 9.17) is 14.7 Å². The number of para-hydroxylation sites is 2. The van der Waals surface area contributed by atoms with Gasteiger partial charge in [-0.1, -0.05) is 18.2 Å². The van der Waals surface area contributed by atoms with Crippen molar-refractivity contribution in [3.05, 3.63) is 54.4 Å². The molecule has 2 atom stereocenters. The Morgan fingerprint density at radius 1 is 1.14 bits per heavy atom. The summed E-state index contributed by atoms with van der Waals surface area (Å²) >= 11 is 0. The molecule has 0 saturated carbocycles. The van der Waals surface area contributed by atoms with Crippen molar-refractivity contribution in [3.8, 4) is 0 Å². The van der Waals surface area contributed by atoms with E-state index in [1.807, 2.05) is 30.5 Å². The van der Waals surface area contributed by atoms with Gasteiger partial charge in [-0.25, -0.2) is 9.98 Å². The summed E-state index contributed by atoms with van der Waals surface area (Å²) in [5.74, 6) is 1.75. The predicted octanol–water partition coefficient (Wildman–Crippen LogP) is 2.15. The summed E-state index contributed by atoms with van der Waals surface area (Å²) in [6, 6.07) is 14.2. The quantitative estimate of drug-likeness (QED) is 0.740. The Labute approximate surface area is 168 Å². The largest absolute Gasteiger partial charge is 0.377 e. The molecule has 8 nitrogen and oxygen atoms in total. The van der Waals surface area contributed by atoms with Crippen molar-refractivity contribution >= 4 is 22.9 Å². The van der Waals surface area contributed by atoms with E-state index in [0.717, 1.165) is 61.3 Å². The van der Waals surface area contributed by atoms with Crippen molar-refractivity contribution in [3.63, 3.8) is 0 Å². The first-order valence-electron chi connectivity index (χ1n) is 10.2. The zero-order valence-corrected chi connectivity index (χ0v) is 16.1. The second-order valence-corrected chi connectivity index (χ2v) is 7.75. The summed E-state index contributed by atoms with van der Waals surface area (Å²) < 4.78 is 8.06. The lowest BCUT2D eigenvalue weighted by Crippen LogP contribution is -2.58. The van der Waals surface area contributed by atoms with Gasteiger partial charge in [-0.15, -0.1) is 0 Å². The number of nitrogens with one attached hydrogen (secondary N) is 1. The SMILES string of the molecule is c1ccc([C@H]2NC3=NCN(C[C@@H]4CCCO4)CN3c3nc4ccccc4n32)nc1. The number of aliphatic imine (C=N–C) groups is 1. The number of fused-ring (bicyclic) bond motifs is 5. The van der Waals surface area contributed by atoms with Crippen molar-refractivity contribution in [1.82, 2.24) is 24.8 Å². The number of imidazole rings is 1. The number of anilines is 1. The molecular weight excluding hydrogens is 366 g/mol. The molecule has 0 bridgehead atoms. The lowest BCUT2D eigenvalue weighted by atomic mass is 10.2. The Bertz CT molecular complexity index is 1060. The molecule has 6 rings (SSSR count). The Morgan fingerprint density at radius 3 is 2.93 bits per heavy atom. The molecule has 1 fully saturated rings. The molecular formula is C21H23N7O. The molecule has 2 aromatic heterocycles. The van der Waals surface area contributed by atoms with Crippen LogP contribution in [0.3, 0.4) is 0 Å². The van der Waals surface area contributed by atoms with E-state index < -0.39 is 0 Å². The standard InChI is InChI=1S/C21H23N7O/c1-2-9-18-16(7-1)24-21-27-14-26(12-15-6-5-11-29-15)13-23-20(27)25-19(28(18)21)17-8-3-4-10-22-17/h1-4,7-10,15,19H,5-6,11-14H2,(H,23,25)/t15-,19-/m0/s1. The van der Waals surface area contributed by atoms with Crippen molar-refractivity contribution in [2.24, 2.45) is 4.99 Å². The highest BCUT2D eigenvalue weighted by Gasteiger charge is 2.36. The molecule has 3 aliphatic heterocycles. The number of rotatable bonds is 3. The van der Waals surface area contributed by atoms with Crippen molar-refractivity contribution in [1.29, 1.82) is 0 Å². The summed E-state index contributed by atoms with van der Waals surface area (Å²) in [7, 11) is 0. The topological polar surface area (TPSA) is 70.8 Å². The van der Waals surface area contributed by atoms with E-state index >= 15 is 0 Å². The minimum Gasteiger partial charge on any atom is -0.377 e. The maximum atomic E-state index is 5.83. The van der Waals surface area contributed by atoms with Gasteiger partial charge in [-0.05, 0) is 37.1 Å². The number of guanidine groups is 1. The highest BCUT2D eigenvalue weighted by atomic mass is 16.5. The minimum absolute atomic E-state index is 0.140. The second kappa shape index (κ2) is 6.82. The fourth-order valence-electron chi connectivity index (χ4n) is 4.44. The molecule has 1 N–H and O–H groups in total. The molecule has 0 amide bonds. The van der Waals surface area contributed by atoms with Crippen LogP contribution in [0.25, 0.3) is 11.0 Å². The summed E-state index contributed by atoms with van der Waals surface area (Å²) in [6.45, 7) is 3.18. The second-order valence-electron chi connectivity index (χ2n) is 7.75. The first-order chi connectivity index (χ1) is 14.4. The van der Waals surface area contributed by atoms with Crippen molar-refractivity contribution in [2.45, 2.75) is 25.1 Å². The van der Waals surface area contributed by atoms with Crippen LogP contribution in [0.1, 0.15) is 24.7 Å². The third-order valence-electron chi connectivity index (χ3n) is 5.81. The number of hydrogen-bond acceptors (Lipinski definition) is 7. The van der Waals surface area contributed by atoms with E-state index in [-0.39, 0.29) is 6.17 Å². The number of hydrogen-bond donors (Lipinski definition) is 1. The molecule has 5 heterocycles. The average molecular weight is 389 g/mol. The molecule has 29 heavy (non-hydrogen) atoms. The molecule has 0 unspecified atom stereocenters. The first-order valence-corrected chi connectivity index (χ1v) is 10.2. The van der Waals surface area contributed by atoms with Gasteiger partial charge in [0.15, 0.2) is 6.17 Å². The van der Waals surface area contributed by atoms with Crippen LogP contribution in [0.5, 0.6) is 0 Å². The maximum Gasteiger partial charge on any atom is 0.216 e. The molecule has 3 aliphatic rings. The summed E-state index contributed by atoms with van der Waals surface area (Å²) in [5.41, 5.74) is 3.00. The van der Waals surface area contributed by atoms with E-state index in [2.05, 4.69) is 42.9 Å². The van der Waals surface area contributed by atoms with Gasteiger partial charge in [-0.3, -0.25) is 19.4 Å². The van der Waals surface area contributed by atoms with Crippen LogP contribution in [0.15, 0.2) is 53.7 Å². The molecule has 148 valence electrons. The zero-order valence-electron chi connectivity index (χ0n) is 16.1. The molecule has 8 heteroatoms. The van der Waals surface area contributed by atoms with Gasteiger partial charge >= 0.3 is 0 Å². The van der Waals surface area contributed by atoms with Crippen molar-refractivity contribution < 1.29 is 4.74 Å². The molecule has 0 radical (unpaired) electrons. The monoisotopic (exact) mass is 389 g/mol. The van der Waals surface area contributed by atoms with Gasteiger partial charge in [-0.2, -0.15) is 0 Å². The zero-order chi connectivity index (χ0) is 19.2. The Balaban J connectivity index is 1.41. The predicted molar refractivity (Wildman–Crippen MR) is 111 cm³/mol. The smallest absolute Gasteiger partial charge is 0.216 e. The van der Waals surface area contributed by atoms with Gasteiger partial charge in [0.1, 0.15) is 0 Å². The Kier molecular flexibility index (Phi) is 3.98. The number of ether oxygens (including phenoxy) is 1. The number of aromatic nitrogens is 3. The third-order valence-corrected chi connectivity index (χ3v) is 5.81. The van der Waals surface area contributed by atoms with E-state index in [1.165, 1.54) is 0 Å². The molecule has 1 aromatic carbocycles. The summed E-state index contributed by atoms with van der Waals surface area (Å²) in [6.07, 6.45) is 4.28. The molecule has 1 saturated heterocycles. The fraction of sp³-hybridized carbons (Fsp3) is 0.381. The van der Waals surface area contributed by atoms with Crippen LogP contribution < -0.4 is 10.2 Å². The minimum atomic E-state index is -0.140. The van der Waals surface area contributed by atoms with Gasteiger partial charge in [0.2, 0.25) is 11.9 Å². The highest BCUT2D eigenvalue weighted by molar-refractivity contribution is 5.98. The van der Waals surface area contributed by atoms with Crippen LogP contribution in [0.2, 0.25) is 0 Å². The van der Waals surface area contributed by atoms with Gasteiger partial charge in [0.05, 0.1) is 36.2 Å². The number of benzene rings is 1. The van der Waals surface area contributed by atoms with Gasteiger partial charge in [0.25, 0.3) is 0 Å².